The Kier molecular flexibility index (Phi) is 7.59. The summed E-state index contributed by atoms with van der Waals surface area (Å²) in [5, 5.41) is 21.6. The second-order valence-corrected chi connectivity index (χ2v) is 5.32. The van der Waals surface area contributed by atoms with Crippen molar-refractivity contribution < 1.29 is 42.0 Å². The Labute approximate surface area is 124 Å². The van der Waals surface area contributed by atoms with Crippen molar-refractivity contribution in [1.82, 2.24) is 10.3 Å². The quantitative estimate of drug-likeness (QED) is 0.278. The first-order chi connectivity index (χ1) is 8.35. The fourth-order valence-electron chi connectivity index (χ4n) is 1.43. The SMILES string of the molecule is Cc1ncc(CO)c(CNCCS(=O)(=O)[O-])c1O.[Li+]. The first-order valence-corrected chi connectivity index (χ1v) is 6.84. The van der Waals surface area contributed by atoms with Gasteiger partial charge in [-0.15, -0.1) is 0 Å². The fraction of sp³-hybridized carbons (Fsp3) is 0.500. The van der Waals surface area contributed by atoms with Gasteiger partial charge in [-0.05, 0) is 6.92 Å². The predicted molar refractivity (Wildman–Crippen MR) is 62.8 cm³/mol. The molecule has 0 atom stereocenters. The van der Waals surface area contributed by atoms with Gasteiger partial charge < -0.3 is 20.1 Å². The van der Waals surface area contributed by atoms with Gasteiger partial charge in [-0.1, -0.05) is 0 Å². The van der Waals surface area contributed by atoms with Crippen LogP contribution < -0.4 is 24.2 Å². The Morgan fingerprint density at radius 3 is 2.63 bits per heavy atom. The summed E-state index contributed by atoms with van der Waals surface area (Å²) in [7, 11) is -4.25. The van der Waals surface area contributed by atoms with Gasteiger partial charge in [0.15, 0.2) is 0 Å². The van der Waals surface area contributed by atoms with Crippen molar-refractivity contribution in [3.63, 3.8) is 0 Å². The molecule has 0 fully saturated rings. The number of hydrogen-bond donors (Lipinski definition) is 3. The maximum absolute atomic E-state index is 10.4. The smallest absolute Gasteiger partial charge is 0.748 e. The van der Waals surface area contributed by atoms with Gasteiger partial charge >= 0.3 is 18.9 Å². The number of aliphatic hydroxyl groups excluding tert-OH is 1. The molecule has 102 valence electrons. The molecule has 0 aliphatic carbocycles. The van der Waals surface area contributed by atoms with Crippen LogP contribution in [0.4, 0.5) is 0 Å². The second-order valence-electron chi connectivity index (χ2n) is 3.79. The van der Waals surface area contributed by atoms with Crippen LogP contribution in [-0.4, -0.2) is 40.5 Å². The van der Waals surface area contributed by atoms with Crippen LogP contribution in [0, 0.1) is 6.92 Å². The Morgan fingerprint density at radius 2 is 2.11 bits per heavy atom. The van der Waals surface area contributed by atoms with Crippen LogP contribution >= 0.6 is 0 Å². The van der Waals surface area contributed by atoms with Gasteiger partial charge in [0.05, 0.1) is 28.2 Å². The van der Waals surface area contributed by atoms with Crippen molar-refractivity contribution in [2.24, 2.45) is 0 Å². The molecule has 0 aliphatic rings. The van der Waals surface area contributed by atoms with Crippen molar-refractivity contribution in [3.8, 4) is 5.75 Å². The summed E-state index contributed by atoms with van der Waals surface area (Å²) in [6.07, 6.45) is 1.44. The van der Waals surface area contributed by atoms with Crippen molar-refractivity contribution in [3.05, 3.63) is 23.0 Å². The van der Waals surface area contributed by atoms with Gasteiger partial charge in [0.1, 0.15) is 5.75 Å². The molecule has 0 radical (unpaired) electrons. The zero-order valence-corrected chi connectivity index (χ0v) is 11.7. The normalized spacial score (nSPS) is 11.1. The Balaban J connectivity index is 0.00000324. The average molecular weight is 282 g/mol. The van der Waals surface area contributed by atoms with E-state index in [1.165, 1.54) is 6.20 Å². The third-order valence-corrected chi connectivity index (χ3v) is 3.14. The zero-order valence-electron chi connectivity index (χ0n) is 10.9. The third-order valence-electron chi connectivity index (χ3n) is 2.43. The number of nitrogens with one attached hydrogen (secondary N) is 1. The van der Waals surface area contributed by atoms with E-state index in [4.69, 9.17) is 5.11 Å². The molecule has 1 heterocycles. The maximum Gasteiger partial charge on any atom is 1.00 e. The molecular formula is C10H15LiN2O5S. The minimum Gasteiger partial charge on any atom is -0.748 e. The molecule has 0 spiro atoms. The predicted octanol–water partition coefficient (Wildman–Crippen LogP) is -3.77. The van der Waals surface area contributed by atoms with Gasteiger partial charge in [0.25, 0.3) is 0 Å². The minimum atomic E-state index is -4.25. The summed E-state index contributed by atoms with van der Waals surface area (Å²) in [6, 6.07) is 0. The standard InChI is InChI=1S/C10H16N2O5S.Li/c1-7-10(14)9(8(6-13)4-12-7)5-11-2-3-18(15,16)17;/h4,11,13-14H,2-3,5-6H2,1H3,(H,15,16,17);/q;+1/p-1. The molecule has 1 rings (SSSR count). The molecule has 19 heavy (non-hydrogen) atoms. The summed E-state index contributed by atoms with van der Waals surface area (Å²) in [5.74, 6) is -0.564. The molecule has 0 bridgehead atoms. The van der Waals surface area contributed by atoms with Gasteiger partial charge in [-0.3, -0.25) is 4.98 Å². The first-order valence-electron chi connectivity index (χ1n) is 5.26. The third kappa shape index (κ3) is 5.91. The second kappa shape index (κ2) is 7.84. The van der Waals surface area contributed by atoms with E-state index in [-0.39, 0.29) is 44.3 Å². The number of hydrogen-bond acceptors (Lipinski definition) is 7. The number of rotatable bonds is 6. The topological polar surface area (TPSA) is 123 Å². The first kappa shape index (κ1) is 18.4. The summed E-state index contributed by atoms with van der Waals surface area (Å²) in [5.41, 5.74) is 1.32. The molecule has 0 amide bonds. The molecule has 1 aromatic heterocycles. The molecule has 0 unspecified atom stereocenters. The van der Waals surface area contributed by atoms with E-state index >= 15 is 0 Å². The van der Waals surface area contributed by atoms with Gasteiger partial charge in [-0.25, -0.2) is 8.42 Å². The molecule has 9 heteroatoms. The minimum absolute atomic E-state index is 0. The van der Waals surface area contributed by atoms with E-state index in [9.17, 15) is 18.1 Å². The molecule has 0 saturated heterocycles. The van der Waals surface area contributed by atoms with E-state index in [2.05, 4.69) is 10.3 Å². The largest absolute Gasteiger partial charge is 1.00 e. The van der Waals surface area contributed by atoms with E-state index < -0.39 is 15.9 Å². The number of aryl methyl sites for hydroxylation is 1. The molecule has 1 aromatic rings. The molecular weight excluding hydrogens is 267 g/mol. The average Bonchev–Trinajstić information content (AvgIpc) is 2.28. The summed E-state index contributed by atoms with van der Waals surface area (Å²) in [6.45, 7) is 1.47. The van der Waals surface area contributed by atoms with E-state index in [0.717, 1.165) is 0 Å². The summed E-state index contributed by atoms with van der Waals surface area (Å²) in [4.78, 5) is 3.89. The summed E-state index contributed by atoms with van der Waals surface area (Å²) < 4.78 is 31.2. The van der Waals surface area contributed by atoms with Gasteiger partial charge in [0, 0.05) is 30.4 Å². The molecule has 0 aliphatic heterocycles. The van der Waals surface area contributed by atoms with Crippen molar-refractivity contribution in [2.45, 2.75) is 20.1 Å². The van der Waals surface area contributed by atoms with Crippen molar-refractivity contribution >= 4 is 10.1 Å². The molecule has 0 aromatic carbocycles. The van der Waals surface area contributed by atoms with Gasteiger partial charge in [0.2, 0.25) is 0 Å². The molecule has 3 N–H and O–H groups in total. The van der Waals surface area contributed by atoms with Crippen LogP contribution in [0.1, 0.15) is 16.8 Å². The Hall–Kier alpha value is -0.623. The van der Waals surface area contributed by atoms with Crippen molar-refractivity contribution in [1.29, 1.82) is 0 Å². The number of aliphatic hydroxyl groups is 1. The summed E-state index contributed by atoms with van der Waals surface area (Å²) >= 11 is 0. The van der Waals surface area contributed by atoms with Crippen LogP contribution in [0.3, 0.4) is 0 Å². The number of aromatic nitrogens is 1. The molecule has 0 saturated carbocycles. The Morgan fingerprint density at radius 1 is 1.47 bits per heavy atom. The number of nitrogens with zero attached hydrogens (tertiary/aromatic N) is 1. The number of pyridine rings is 1. The van der Waals surface area contributed by atoms with Crippen molar-refractivity contribution in [2.75, 3.05) is 12.3 Å². The van der Waals surface area contributed by atoms with Crippen LogP contribution in [0.25, 0.3) is 0 Å². The van der Waals surface area contributed by atoms with E-state index in [1.54, 1.807) is 6.92 Å². The zero-order chi connectivity index (χ0) is 13.8. The monoisotopic (exact) mass is 282 g/mol. The Bertz CT molecular complexity index is 521. The van der Waals surface area contributed by atoms with Crippen LogP contribution in [-0.2, 0) is 23.3 Å². The van der Waals surface area contributed by atoms with Crippen LogP contribution in [0.2, 0.25) is 0 Å². The van der Waals surface area contributed by atoms with Gasteiger partial charge in [-0.2, -0.15) is 0 Å². The van der Waals surface area contributed by atoms with Crippen LogP contribution in [0.5, 0.6) is 5.75 Å². The number of aromatic hydroxyl groups is 1. The molecule has 7 nitrogen and oxygen atoms in total. The maximum atomic E-state index is 10.4. The fourth-order valence-corrected chi connectivity index (χ4v) is 1.82. The van der Waals surface area contributed by atoms with Crippen LogP contribution in [0.15, 0.2) is 6.20 Å². The van der Waals surface area contributed by atoms with E-state index in [1.807, 2.05) is 0 Å². The van der Waals surface area contributed by atoms with E-state index in [0.29, 0.717) is 16.8 Å².